The zero-order chi connectivity index (χ0) is 16.1. The number of nitrogens with one attached hydrogen (secondary N) is 1. The van der Waals surface area contributed by atoms with E-state index >= 15 is 0 Å². The summed E-state index contributed by atoms with van der Waals surface area (Å²) in [5.74, 6) is -0.456. The van der Waals surface area contributed by atoms with Gasteiger partial charge in [-0.15, -0.1) is 0 Å². The molecule has 2 rings (SSSR count). The lowest BCUT2D eigenvalue weighted by Gasteiger charge is -2.12. The number of benzene rings is 2. The van der Waals surface area contributed by atoms with Gasteiger partial charge in [-0.3, -0.25) is 4.79 Å². The third-order valence-corrected chi connectivity index (χ3v) is 3.48. The van der Waals surface area contributed by atoms with Crippen molar-refractivity contribution < 1.29 is 19.1 Å². The third kappa shape index (κ3) is 3.46. The molecule has 0 unspecified atom stereocenters. The first-order chi connectivity index (χ1) is 10.6. The highest BCUT2D eigenvalue weighted by Gasteiger charge is 2.17. The summed E-state index contributed by atoms with van der Waals surface area (Å²) in [5, 5.41) is 2.70. The standard InChI is InChI=1S/C16H14BrNO4/c1-21-14-8-7-10(17)9-12(14)15(19)18-13-6-4-3-5-11(13)16(20)22-2/h3-9H,1-2H3,(H,18,19). The van der Waals surface area contributed by atoms with E-state index in [1.165, 1.54) is 14.2 Å². The van der Waals surface area contributed by atoms with Crippen LogP contribution in [0.3, 0.4) is 0 Å². The van der Waals surface area contributed by atoms with Crippen molar-refractivity contribution in [1.29, 1.82) is 0 Å². The molecule has 0 bridgehead atoms. The van der Waals surface area contributed by atoms with Crippen LogP contribution in [0.2, 0.25) is 0 Å². The van der Waals surface area contributed by atoms with Gasteiger partial charge >= 0.3 is 5.97 Å². The maximum atomic E-state index is 12.4. The molecule has 0 fully saturated rings. The molecular weight excluding hydrogens is 350 g/mol. The van der Waals surface area contributed by atoms with Gasteiger partial charge in [0.15, 0.2) is 0 Å². The van der Waals surface area contributed by atoms with Crippen molar-refractivity contribution >= 4 is 33.5 Å². The lowest BCUT2D eigenvalue weighted by molar-refractivity contribution is 0.0602. The van der Waals surface area contributed by atoms with E-state index in [1.54, 1.807) is 42.5 Å². The summed E-state index contributed by atoms with van der Waals surface area (Å²) >= 11 is 3.32. The highest BCUT2D eigenvalue weighted by atomic mass is 79.9. The highest BCUT2D eigenvalue weighted by molar-refractivity contribution is 9.10. The minimum absolute atomic E-state index is 0.285. The molecule has 0 saturated heterocycles. The fraction of sp³-hybridized carbons (Fsp3) is 0.125. The summed E-state index contributed by atoms with van der Waals surface area (Å²) in [6.07, 6.45) is 0. The first kappa shape index (κ1) is 16.0. The Morgan fingerprint density at radius 1 is 1.05 bits per heavy atom. The predicted molar refractivity (Wildman–Crippen MR) is 86.4 cm³/mol. The van der Waals surface area contributed by atoms with E-state index in [-0.39, 0.29) is 11.5 Å². The molecule has 0 spiro atoms. The zero-order valence-corrected chi connectivity index (χ0v) is 13.6. The van der Waals surface area contributed by atoms with Crippen molar-refractivity contribution in [3.05, 3.63) is 58.1 Å². The maximum Gasteiger partial charge on any atom is 0.339 e. The minimum atomic E-state index is -0.517. The molecule has 2 aromatic carbocycles. The lowest BCUT2D eigenvalue weighted by atomic mass is 10.1. The minimum Gasteiger partial charge on any atom is -0.496 e. The smallest absolute Gasteiger partial charge is 0.339 e. The second-order valence-electron chi connectivity index (χ2n) is 4.34. The van der Waals surface area contributed by atoms with E-state index < -0.39 is 5.97 Å². The third-order valence-electron chi connectivity index (χ3n) is 2.99. The average Bonchev–Trinajstić information content (AvgIpc) is 2.54. The number of rotatable bonds is 4. The number of carbonyl (C=O) groups is 2. The van der Waals surface area contributed by atoms with Crippen LogP contribution in [0.4, 0.5) is 5.69 Å². The normalized spacial score (nSPS) is 9.95. The molecular formula is C16H14BrNO4. The maximum absolute atomic E-state index is 12.4. The van der Waals surface area contributed by atoms with Gasteiger partial charge < -0.3 is 14.8 Å². The molecule has 22 heavy (non-hydrogen) atoms. The topological polar surface area (TPSA) is 64.6 Å². The molecule has 0 aliphatic rings. The number of methoxy groups -OCH3 is 2. The Morgan fingerprint density at radius 3 is 2.45 bits per heavy atom. The van der Waals surface area contributed by atoms with Crippen molar-refractivity contribution in [2.75, 3.05) is 19.5 Å². The van der Waals surface area contributed by atoms with Gasteiger partial charge in [-0.1, -0.05) is 28.1 Å². The van der Waals surface area contributed by atoms with E-state index in [0.717, 1.165) is 4.47 Å². The Bertz CT molecular complexity index is 715. The Morgan fingerprint density at radius 2 is 1.77 bits per heavy atom. The first-order valence-corrected chi connectivity index (χ1v) is 7.18. The van der Waals surface area contributed by atoms with Gasteiger partial charge in [-0.25, -0.2) is 4.79 Å². The summed E-state index contributed by atoms with van der Waals surface area (Å²) in [6.45, 7) is 0. The average molecular weight is 364 g/mol. The molecule has 114 valence electrons. The zero-order valence-electron chi connectivity index (χ0n) is 12.1. The molecule has 0 aromatic heterocycles. The second-order valence-corrected chi connectivity index (χ2v) is 5.25. The number of para-hydroxylation sites is 1. The summed E-state index contributed by atoms with van der Waals surface area (Å²) < 4.78 is 10.6. The highest BCUT2D eigenvalue weighted by Crippen LogP contribution is 2.25. The molecule has 0 aliphatic heterocycles. The molecule has 0 aliphatic carbocycles. The van der Waals surface area contributed by atoms with E-state index in [2.05, 4.69) is 21.2 Å². The van der Waals surface area contributed by atoms with Gasteiger partial charge in [0.1, 0.15) is 5.75 Å². The molecule has 0 atom stereocenters. The van der Waals surface area contributed by atoms with Crippen LogP contribution in [0.5, 0.6) is 5.75 Å². The summed E-state index contributed by atoms with van der Waals surface area (Å²) in [7, 11) is 2.78. The Balaban J connectivity index is 2.34. The van der Waals surface area contributed by atoms with Crippen molar-refractivity contribution in [2.45, 2.75) is 0 Å². The number of hydrogen-bond donors (Lipinski definition) is 1. The van der Waals surface area contributed by atoms with Crippen LogP contribution in [-0.2, 0) is 4.74 Å². The number of anilines is 1. The monoisotopic (exact) mass is 363 g/mol. The first-order valence-electron chi connectivity index (χ1n) is 6.39. The Labute approximate surface area is 136 Å². The van der Waals surface area contributed by atoms with E-state index in [1.807, 2.05) is 0 Å². The number of amides is 1. The molecule has 2 aromatic rings. The van der Waals surface area contributed by atoms with Crippen LogP contribution in [0, 0.1) is 0 Å². The summed E-state index contributed by atoms with van der Waals surface area (Å²) in [4.78, 5) is 24.2. The van der Waals surface area contributed by atoms with Crippen molar-refractivity contribution in [2.24, 2.45) is 0 Å². The van der Waals surface area contributed by atoms with Crippen molar-refractivity contribution in [1.82, 2.24) is 0 Å². The summed E-state index contributed by atoms with van der Waals surface area (Å²) in [6, 6.07) is 11.7. The van der Waals surface area contributed by atoms with Gasteiger partial charge in [-0.05, 0) is 30.3 Å². The lowest BCUT2D eigenvalue weighted by Crippen LogP contribution is -2.16. The number of halogens is 1. The van der Waals surface area contributed by atoms with E-state index in [4.69, 9.17) is 9.47 Å². The van der Waals surface area contributed by atoms with Gasteiger partial charge in [0, 0.05) is 4.47 Å². The SMILES string of the molecule is COC(=O)c1ccccc1NC(=O)c1cc(Br)ccc1OC. The number of hydrogen-bond acceptors (Lipinski definition) is 4. The van der Waals surface area contributed by atoms with Crippen molar-refractivity contribution in [3.63, 3.8) is 0 Å². The van der Waals surface area contributed by atoms with Crippen LogP contribution >= 0.6 is 15.9 Å². The Kier molecular flexibility index (Phi) is 5.16. The number of ether oxygens (including phenoxy) is 2. The summed E-state index contributed by atoms with van der Waals surface area (Å²) in [5.41, 5.74) is 1.02. The van der Waals surface area contributed by atoms with Crippen LogP contribution < -0.4 is 10.1 Å². The predicted octanol–water partition coefficient (Wildman–Crippen LogP) is 3.50. The molecule has 0 radical (unpaired) electrons. The molecule has 5 nitrogen and oxygen atoms in total. The molecule has 1 amide bonds. The quantitative estimate of drug-likeness (QED) is 0.844. The van der Waals surface area contributed by atoms with Gasteiger partial charge in [-0.2, -0.15) is 0 Å². The Hall–Kier alpha value is -2.34. The largest absolute Gasteiger partial charge is 0.496 e. The number of carbonyl (C=O) groups excluding carboxylic acids is 2. The van der Waals surface area contributed by atoms with Gasteiger partial charge in [0.25, 0.3) is 5.91 Å². The van der Waals surface area contributed by atoms with E-state index in [0.29, 0.717) is 17.0 Å². The van der Waals surface area contributed by atoms with Gasteiger partial charge in [0.2, 0.25) is 0 Å². The fourth-order valence-corrected chi connectivity index (χ4v) is 2.29. The van der Waals surface area contributed by atoms with Gasteiger partial charge in [0.05, 0.1) is 31.0 Å². The fourth-order valence-electron chi connectivity index (χ4n) is 1.93. The van der Waals surface area contributed by atoms with Crippen LogP contribution in [0.25, 0.3) is 0 Å². The van der Waals surface area contributed by atoms with Crippen LogP contribution in [0.1, 0.15) is 20.7 Å². The molecule has 0 saturated carbocycles. The molecule has 1 N–H and O–H groups in total. The molecule has 0 heterocycles. The number of esters is 1. The van der Waals surface area contributed by atoms with Crippen molar-refractivity contribution in [3.8, 4) is 5.75 Å². The van der Waals surface area contributed by atoms with Crippen LogP contribution in [-0.4, -0.2) is 26.1 Å². The second kappa shape index (κ2) is 7.09. The molecule has 6 heteroatoms. The van der Waals surface area contributed by atoms with E-state index in [9.17, 15) is 9.59 Å². The van der Waals surface area contributed by atoms with Crippen LogP contribution in [0.15, 0.2) is 46.9 Å².